The maximum absolute atomic E-state index is 12.4. The summed E-state index contributed by atoms with van der Waals surface area (Å²) in [6, 6.07) is 7.30. The van der Waals surface area contributed by atoms with E-state index in [1.54, 1.807) is 0 Å². The van der Waals surface area contributed by atoms with Crippen LogP contribution in [0.1, 0.15) is 17.3 Å². The van der Waals surface area contributed by atoms with Gasteiger partial charge in [-0.3, -0.25) is 4.79 Å². The zero-order chi connectivity index (χ0) is 14.4. The van der Waals surface area contributed by atoms with E-state index < -0.39 is 0 Å². The first-order chi connectivity index (χ1) is 9.74. The lowest BCUT2D eigenvalue weighted by atomic mass is 10.1. The summed E-state index contributed by atoms with van der Waals surface area (Å²) in [7, 11) is 1.89. The Bertz CT molecular complexity index is 431. The van der Waals surface area contributed by atoms with Crippen molar-refractivity contribution in [3.8, 4) is 5.75 Å². The van der Waals surface area contributed by atoms with Crippen molar-refractivity contribution in [3.63, 3.8) is 0 Å². The van der Waals surface area contributed by atoms with E-state index >= 15 is 0 Å². The number of morpholine rings is 1. The molecule has 1 atom stereocenters. The van der Waals surface area contributed by atoms with E-state index in [0.29, 0.717) is 31.9 Å². The highest BCUT2D eigenvalue weighted by Crippen LogP contribution is 2.15. The number of hydrogen-bond acceptors (Lipinski definition) is 4. The third kappa shape index (κ3) is 3.71. The summed E-state index contributed by atoms with van der Waals surface area (Å²) < 4.78 is 11.0. The Morgan fingerprint density at radius 2 is 2.20 bits per heavy atom. The van der Waals surface area contributed by atoms with Crippen LogP contribution in [0, 0.1) is 0 Å². The second-order valence-corrected chi connectivity index (χ2v) is 4.76. The minimum absolute atomic E-state index is 0.0532. The molecule has 0 aliphatic carbocycles. The lowest BCUT2D eigenvalue weighted by Crippen LogP contribution is -2.48. The molecule has 0 aromatic heterocycles. The van der Waals surface area contributed by atoms with Crippen molar-refractivity contribution in [2.75, 3.05) is 39.9 Å². The van der Waals surface area contributed by atoms with Gasteiger partial charge in [-0.15, -0.1) is 0 Å². The van der Waals surface area contributed by atoms with E-state index in [4.69, 9.17) is 9.47 Å². The summed E-state index contributed by atoms with van der Waals surface area (Å²) in [6.45, 7) is 5.19. The fraction of sp³-hybridized carbons (Fsp3) is 0.533. The second-order valence-electron chi connectivity index (χ2n) is 4.76. The molecule has 1 saturated heterocycles. The van der Waals surface area contributed by atoms with E-state index in [1.807, 2.05) is 43.1 Å². The zero-order valence-corrected chi connectivity index (χ0v) is 12.1. The predicted molar refractivity (Wildman–Crippen MR) is 77.2 cm³/mol. The van der Waals surface area contributed by atoms with Crippen molar-refractivity contribution in [2.45, 2.75) is 13.0 Å². The maximum Gasteiger partial charge on any atom is 0.254 e. The number of hydrogen-bond donors (Lipinski definition) is 1. The van der Waals surface area contributed by atoms with Gasteiger partial charge in [-0.1, -0.05) is 0 Å². The van der Waals surface area contributed by atoms with Gasteiger partial charge in [0, 0.05) is 25.2 Å². The van der Waals surface area contributed by atoms with Crippen LogP contribution < -0.4 is 10.1 Å². The summed E-state index contributed by atoms with van der Waals surface area (Å²) in [5.74, 6) is 0.844. The predicted octanol–water partition coefficient (Wildman–Crippen LogP) is 1.15. The van der Waals surface area contributed by atoms with E-state index in [2.05, 4.69) is 5.32 Å². The van der Waals surface area contributed by atoms with Gasteiger partial charge in [-0.25, -0.2) is 0 Å². The Hall–Kier alpha value is -1.59. The lowest BCUT2D eigenvalue weighted by Gasteiger charge is -2.33. The topological polar surface area (TPSA) is 50.8 Å². The normalized spacial score (nSPS) is 18.9. The fourth-order valence-corrected chi connectivity index (χ4v) is 2.30. The summed E-state index contributed by atoms with van der Waals surface area (Å²) in [6.07, 6.45) is 0.0698. The van der Waals surface area contributed by atoms with Crippen LogP contribution in [-0.2, 0) is 4.74 Å². The summed E-state index contributed by atoms with van der Waals surface area (Å²) in [4.78, 5) is 14.3. The average molecular weight is 278 g/mol. The molecule has 1 amide bonds. The highest BCUT2D eigenvalue weighted by Gasteiger charge is 2.24. The molecule has 0 spiro atoms. The van der Waals surface area contributed by atoms with E-state index in [1.165, 1.54) is 0 Å². The zero-order valence-electron chi connectivity index (χ0n) is 12.1. The van der Waals surface area contributed by atoms with Crippen molar-refractivity contribution in [1.29, 1.82) is 0 Å². The summed E-state index contributed by atoms with van der Waals surface area (Å²) >= 11 is 0. The molecular formula is C15H22N2O3. The van der Waals surface area contributed by atoms with Crippen LogP contribution in [0.5, 0.6) is 5.75 Å². The number of ether oxygens (including phenoxy) is 2. The highest BCUT2D eigenvalue weighted by molar-refractivity contribution is 5.94. The number of nitrogens with one attached hydrogen (secondary N) is 1. The average Bonchev–Trinajstić information content (AvgIpc) is 2.48. The van der Waals surface area contributed by atoms with E-state index in [0.717, 1.165) is 12.3 Å². The SMILES string of the molecule is CCOc1ccc(C(=O)N2CCOC(CNC)C2)cc1. The van der Waals surface area contributed by atoms with Crippen molar-refractivity contribution in [1.82, 2.24) is 10.2 Å². The molecule has 1 heterocycles. The first kappa shape index (κ1) is 14.8. The molecule has 1 aliphatic rings. The molecule has 0 radical (unpaired) electrons. The van der Waals surface area contributed by atoms with Crippen LogP contribution in [0.4, 0.5) is 0 Å². The van der Waals surface area contributed by atoms with Crippen LogP contribution in [-0.4, -0.2) is 56.8 Å². The molecule has 5 heteroatoms. The summed E-state index contributed by atoms with van der Waals surface area (Å²) in [5.41, 5.74) is 0.693. The number of amides is 1. The molecule has 1 aliphatic heterocycles. The standard InChI is InChI=1S/C15H22N2O3/c1-3-19-13-6-4-12(5-7-13)15(18)17-8-9-20-14(11-17)10-16-2/h4-7,14,16H,3,8-11H2,1-2H3. The summed E-state index contributed by atoms with van der Waals surface area (Å²) in [5, 5.41) is 3.08. The fourth-order valence-electron chi connectivity index (χ4n) is 2.30. The number of rotatable bonds is 5. The van der Waals surface area contributed by atoms with Gasteiger partial charge in [0.25, 0.3) is 5.91 Å². The third-order valence-electron chi connectivity index (χ3n) is 3.27. The molecule has 2 rings (SSSR count). The minimum Gasteiger partial charge on any atom is -0.494 e. The van der Waals surface area contributed by atoms with Crippen LogP contribution in [0.2, 0.25) is 0 Å². The minimum atomic E-state index is 0.0532. The Morgan fingerprint density at radius 1 is 1.45 bits per heavy atom. The molecule has 1 unspecified atom stereocenters. The smallest absolute Gasteiger partial charge is 0.254 e. The van der Waals surface area contributed by atoms with Crippen molar-refractivity contribution in [3.05, 3.63) is 29.8 Å². The van der Waals surface area contributed by atoms with Gasteiger partial charge in [-0.05, 0) is 38.2 Å². The van der Waals surface area contributed by atoms with E-state index in [-0.39, 0.29) is 12.0 Å². The Labute approximate surface area is 119 Å². The first-order valence-corrected chi connectivity index (χ1v) is 7.03. The van der Waals surface area contributed by atoms with Crippen LogP contribution >= 0.6 is 0 Å². The van der Waals surface area contributed by atoms with Gasteiger partial charge in [0.2, 0.25) is 0 Å². The monoisotopic (exact) mass is 278 g/mol. The van der Waals surface area contributed by atoms with Crippen molar-refractivity contribution in [2.24, 2.45) is 0 Å². The van der Waals surface area contributed by atoms with Crippen LogP contribution in [0.3, 0.4) is 0 Å². The lowest BCUT2D eigenvalue weighted by molar-refractivity contribution is -0.0196. The van der Waals surface area contributed by atoms with E-state index in [9.17, 15) is 4.79 Å². The molecule has 0 bridgehead atoms. The Kier molecular flexibility index (Phi) is 5.38. The largest absolute Gasteiger partial charge is 0.494 e. The van der Waals surface area contributed by atoms with Gasteiger partial charge >= 0.3 is 0 Å². The second kappa shape index (κ2) is 7.26. The quantitative estimate of drug-likeness (QED) is 0.877. The van der Waals surface area contributed by atoms with Gasteiger partial charge in [0.1, 0.15) is 5.75 Å². The number of nitrogens with zero attached hydrogens (tertiary/aromatic N) is 1. The van der Waals surface area contributed by atoms with Gasteiger partial charge in [0.15, 0.2) is 0 Å². The molecule has 1 aromatic rings. The van der Waals surface area contributed by atoms with Gasteiger partial charge in [0.05, 0.1) is 19.3 Å². The number of carbonyl (C=O) groups excluding carboxylic acids is 1. The molecule has 1 N–H and O–H groups in total. The molecule has 0 saturated carbocycles. The van der Waals surface area contributed by atoms with Gasteiger partial charge in [-0.2, -0.15) is 0 Å². The molecule has 110 valence electrons. The van der Waals surface area contributed by atoms with Crippen molar-refractivity contribution >= 4 is 5.91 Å². The number of benzene rings is 1. The highest BCUT2D eigenvalue weighted by atomic mass is 16.5. The Morgan fingerprint density at radius 3 is 2.85 bits per heavy atom. The molecule has 5 nitrogen and oxygen atoms in total. The molecule has 1 aromatic carbocycles. The Balaban J connectivity index is 1.99. The maximum atomic E-state index is 12.4. The van der Waals surface area contributed by atoms with Crippen molar-refractivity contribution < 1.29 is 14.3 Å². The first-order valence-electron chi connectivity index (χ1n) is 7.03. The number of likely N-dealkylation sites (N-methyl/N-ethyl adjacent to an activating group) is 1. The third-order valence-corrected chi connectivity index (χ3v) is 3.27. The van der Waals surface area contributed by atoms with Gasteiger partial charge < -0.3 is 19.7 Å². The number of carbonyl (C=O) groups is 1. The molecule has 20 heavy (non-hydrogen) atoms. The van der Waals surface area contributed by atoms with Crippen LogP contribution in [0.15, 0.2) is 24.3 Å². The van der Waals surface area contributed by atoms with Crippen LogP contribution in [0.25, 0.3) is 0 Å². The molecular weight excluding hydrogens is 256 g/mol. The molecule has 1 fully saturated rings.